The maximum Gasteiger partial charge on any atom is 0.407 e. The van der Waals surface area contributed by atoms with Crippen LogP contribution in [0.4, 0.5) is 4.79 Å². The fraction of sp³-hybridized carbons (Fsp3) is 0.810. The molecule has 1 aliphatic carbocycles. The third kappa shape index (κ3) is 4.92. The Kier molecular flexibility index (Phi) is 6.55. The third-order valence-corrected chi connectivity index (χ3v) is 6.26. The topological polar surface area (TPSA) is 102 Å². The Morgan fingerprint density at radius 1 is 1.21 bits per heavy atom. The lowest BCUT2D eigenvalue weighted by Crippen LogP contribution is -2.56. The lowest BCUT2D eigenvalue weighted by molar-refractivity contribution is -0.119. The summed E-state index contributed by atoms with van der Waals surface area (Å²) in [6.07, 6.45) is 3.50. The molecule has 3 aliphatic rings. The molecular formula is C21H34N2O6. The lowest BCUT2D eigenvalue weighted by Gasteiger charge is -2.42. The third-order valence-electron chi connectivity index (χ3n) is 6.26. The van der Waals surface area contributed by atoms with Gasteiger partial charge in [-0.15, -0.1) is 0 Å². The number of methoxy groups -OCH3 is 1. The minimum absolute atomic E-state index is 0.00138. The van der Waals surface area contributed by atoms with E-state index in [1.165, 1.54) is 12.5 Å². The number of amides is 2. The van der Waals surface area contributed by atoms with Gasteiger partial charge in [0.05, 0.1) is 18.6 Å². The predicted octanol–water partition coefficient (Wildman–Crippen LogP) is 1.93. The monoisotopic (exact) mass is 410 g/mol. The quantitative estimate of drug-likeness (QED) is 0.360. The first-order chi connectivity index (χ1) is 13.7. The molecule has 3 rings (SSSR count). The second-order valence-electron chi connectivity index (χ2n) is 8.73. The van der Waals surface area contributed by atoms with Crippen LogP contribution in [0, 0.1) is 5.92 Å². The fourth-order valence-electron chi connectivity index (χ4n) is 4.65. The van der Waals surface area contributed by atoms with Gasteiger partial charge in [-0.1, -0.05) is 11.6 Å². The van der Waals surface area contributed by atoms with E-state index < -0.39 is 6.09 Å². The van der Waals surface area contributed by atoms with Crippen molar-refractivity contribution in [1.82, 2.24) is 10.6 Å². The summed E-state index contributed by atoms with van der Waals surface area (Å²) in [5, 5.41) is 5.31. The number of epoxide rings is 2. The molecule has 0 radical (unpaired) electrons. The zero-order valence-electron chi connectivity index (χ0n) is 18.1. The molecule has 2 N–H and O–H groups in total. The highest BCUT2D eigenvalue weighted by atomic mass is 16.6. The molecule has 2 saturated heterocycles. The summed E-state index contributed by atoms with van der Waals surface area (Å²) in [6, 6.07) is 0. The summed E-state index contributed by atoms with van der Waals surface area (Å²) < 4.78 is 23.6. The molecule has 2 unspecified atom stereocenters. The van der Waals surface area contributed by atoms with Gasteiger partial charge < -0.3 is 29.6 Å². The summed E-state index contributed by atoms with van der Waals surface area (Å²) in [5.74, 6) is -0.133. The maximum atomic E-state index is 12.2. The summed E-state index contributed by atoms with van der Waals surface area (Å²) in [6.45, 7) is 9.08. The molecule has 2 heterocycles. The number of carbonyl (C=O) groups is 2. The van der Waals surface area contributed by atoms with Gasteiger partial charge >= 0.3 is 6.09 Å². The van der Waals surface area contributed by atoms with Gasteiger partial charge in [-0.3, -0.25) is 4.79 Å². The standard InChI is InChI=1S/C21H34N2O6/c1-13(2)6-7-16-20(4,29-16)18-17(26-5)15(8-9-21(18)12-27-21)28-19(25)23-11-10-22-14(3)24/h6,15-18H,7-12H2,1-5H3,(H,22,24)(H,23,25)/t15?,16-,17?,18-,20+,21+/m1/s1. The second-order valence-corrected chi connectivity index (χ2v) is 8.73. The minimum Gasteiger partial charge on any atom is -0.443 e. The Morgan fingerprint density at radius 3 is 2.48 bits per heavy atom. The van der Waals surface area contributed by atoms with E-state index in [2.05, 4.69) is 37.5 Å². The van der Waals surface area contributed by atoms with Crippen molar-refractivity contribution >= 4 is 12.0 Å². The smallest absolute Gasteiger partial charge is 0.407 e. The van der Waals surface area contributed by atoms with Crippen LogP contribution in [0.25, 0.3) is 0 Å². The van der Waals surface area contributed by atoms with Crippen LogP contribution < -0.4 is 10.6 Å². The SMILES string of the molecule is COC1C(OC(=O)NCCNC(C)=O)CC[C@]2(CO2)[C@H]1[C@@]1(C)O[C@@H]1CC=C(C)C. The van der Waals surface area contributed by atoms with E-state index in [0.717, 1.165) is 12.8 Å². The van der Waals surface area contributed by atoms with Gasteiger partial charge in [0.2, 0.25) is 5.91 Å². The highest BCUT2D eigenvalue weighted by Crippen LogP contribution is 2.59. The van der Waals surface area contributed by atoms with E-state index in [9.17, 15) is 9.59 Å². The molecule has 8 heteroatoms. The average Bonchev–Trinajstić information content (AvgIpc) is 3.56. The van der Waals surface area contributed by atoms with Crippen molar-refractivity contribution in [3.63, 3.8) is 0 Å². The summed E-state index contributed by atoms with van der Waals surface area (Å²) in [4.78, 5) is 23.1. The molecule has 0 bridgehead atoms. The number of rotatable bonds is 8. The van der Waals surface area contributed by atoms with Gasteiger partial charge in [-0.05, 0) is 40.0 Å². The Labute approximate surface area is 172 Å². The highest BCUT2D eigenvalue weighted by molar-refractivity contribution is 5.73. The van der Waals surface area contributed by atoms with Gasteiger partial charge in [0.15, 0.2) is 0 Å². The van der Waals surface area contributed by atoms with Crippen molar-refractivity contribution in [2.24, 2.45) is 5.92 Å². The molecule has 3 fully saturated rings. The molecule has 0 aromatic rings. The summed E-state index contributed by atoms with van der Waals surface area (Å²) in [5.41, 5.74) is 0.675. The second kappa shape index (κ2) is 8.62. The molecule has 6 atom stereocenters. The van der Waals surface area contributed by atoms with Gasteiger partial charge in [0.1, 0.15) is 23.4 Å². The average molecular weight is 411 g/mol. The largest absolute Gasteiger partial charge is 0.443 e. The van der Waals surface area contributed by atoms with Crippen LogP contribution in [0.5, 0.6) is 0 Å². The molecule has 0 aromatic heterocycles. The van der Waals surface area contributed by atoms with E-state index in [-0.39, 0.29) is 41.3 Å². The lowest BCUT2D eigenvalue weighted by atomic mass is 9.68. The summed E-state index contributed by atoms with van der Waals surface area (Å²) in [7, 11) is 1.65. The van der Waals surface area contributed by atoms with Crippen LogP contribution in [0.1, 0.15) is 47.0 Å². The first kappa shape index (κ1) is 22.1. The van der Waals surface area contributed by atoms with Gasteiger partial charge in [0, 0.05) is 27.1 Å². The number of hydrogen-bond acceptors (Lipinski definition) is 6. The van der Waals surface area contributed by atoms with Crippen molar-refractivity contribution in [2.45, 2.75) is 76.5 Å². The number of allylic oxidation sites excluding steroid dienone is 1. The Bertz CT molecular complexity index is 658. The number of ether oxygens (including phenoxy) is 4. The molecule has 8 nitrogen and oxygen atoms in total. The molecule has 29 heavy (non-hydrogen) atoms. The van der Waals surface area contributed by atoms with Gasteiger partial charge in [0.25, 0.3) is 0 Å². The van der Waals surface area contributed by atoms with E-state index in [1.807, 2.05) is 0 Å². The molecular weight excluding hydrogens is 376 g/mol. The number of nitrogens with one attached hydrogen (secondary N) is 2. The van der Waals surface area contributed by atoms with Crippen LogP contribution >= 0.6 is 0 Å². The molecule has 2 aliphatic heterocycles. The molecule has 0 aromatic carbocycles. The van der Waals surface area contributed by atoms with Crippen molar-refractivity contribution in [3.8, 4) is 0 Å². The first-order valence-corrected chi connectivity index (χ1v) is 10.4. The van der Waals surface area contributed by atoms with Crippen molar-refractivity contribution < 1.29 is 28.5 Å². The van der Waals surface area contributed by atoms with E-state index in [1.54, 1.807) is 7.11 Å². The normalized spacial score (nSPS) is 37.6. The van der Waals surface area contributed by atoms with E-state index in [0.29, 0.717) is 26.1 Å². The fourth-order valence-corrected chi connectivity index (χ4v) is 4.65. The Morgan fingerprint density at radius 2 is 1.90 bits per heavy atom. The number of carbonyl (C=O) groups excluding carboxylic acids is 2. The zero-order valence-corrected chi connectivity index (χ0v) is 18.1. The first-order valence-electron chi connectivity index (χ1n) is 10.4. The maximum absolute atomic E-state index is 12.2. The molecule has 164 valence electrons. The van der Waals surface area contributed by atoms with Crippen LogP contribution in [0.15, 0.2) is 11.6 Å². The van der Waals surface area contributed by atoms with Crippen LogP contribution in [0.2, 0.25) is 0 Å². The Hall–Kier alpha value is -1.64. The van der Waals surface area contributed by atoms with Crippen LogP contribution in [0.3, 0.4) is 0 Å². The minimum atomic E-state index is -0.503. The van der Waals surface area contributed by atoms with E-state index >= 15 is 0 Å². The van der Waals surface area contributed by atoms with Crippen molar-refractivity contribution in [2.75, 3.05) is 26.8 Å². The molecule has 2 amide bonds. The molecule has 1 spiro atoms. The highest BCUT2D eigenvalue weighted by Gasteiger charge is 2.72. The number of hydrogen-bond donors (Lipinski definition) is 2. The van der Waals surface area contributed by atoms with Crippen molar-refractivity contribution in [1.29, 1.82) is 0 Å². The number of alkyl carbamates (subject to hydrolysis) is 1. The van der Waals surface area contributed by atoms with Crippen LogP contribution in [-0.4, -0.2) is 68.3 Å². The Balaban J connectivity index is 1.62. The van der Waals surface area contributed by atoms with Gasteiger partial charge in [-0.25, -0.2) is 4.79 Å². The van der Waals surface area contributed by atoms with Crippen LogP contribution in [-0.2, 0) is 23.7 Å². The summed E-state index contributed by atoms with van der Waals surface area (Å²) >= 11 is 0. The van der Waals surface area contributed by atoms with Gasteiger partial charge in [-0.2, -0.15) is 0 Å². The van der Waals surface area contributed by atoms with Crippen molar-refractivity contribution in [3.05, 3.63) is 11.6 Å². The predicted molar refractivity (Wildman–Crippen MR) is 106 cm³/mol. The van der Waals surface area contributed by atoms with E-state index in [4.69, 9.17) is 18.9 Å². The zero-order chi connectivity index (χ0) is 21.2. The molecule has 1 saturated carbocycles.